The minimum Gasteiger partial charge on any atom is -0.479 e. The van der Waals surface area contributed by atoms with E-state index in [1.54, 1.807) is 0 Å². The molecule has 0 bridgehead atoms. The van der Waals surface area contributed by atoms with E-state index in [9.17, 15) is 8.78 Å². The van der Waals surface area contributed by atoms with E-state index in [2.05, 4.69) is 15.0 Å². The summed E-state index contributed by atoms with van der Waals surface area (Å²) in [7, 11) is 1.45. The second kappa shape index (κ2) is 4.97. The topological polar surface area (TPSA) is 78.8 Å². The number of imidazole rings is 1. The van der Waals surface area contributed by atoms with Crippen molar-refractivity contribution >= 4 is 17.1 Å². The number of halogens is 2. The number of nitrogen functional groups attached to an aromatic ring is 1. The predicted octanol–water partition coefficient (Wildman–Crippen LogP) is 1.74. The Morgan fingerprint density at radius 2 is 2.10 bits per heavy atom. The largest absolute Gasteiger partial charge is 0.479 e. The number of ether oxygens (including phenoxy) is 1. The molecule has 0 saturated carbocycles. The van der Waals surface area contributed by atoms with Gasteiger partial charge in [-0.3, -0.25) is 4.57 Å². The van der Waals surface area contributed by atoms with Crippen LogP contribution < -0.4 is 10.5 Å². The molecule has 0 saturated heterocycles. The Bertz CT molecular complexity index is 818. The van der Waals surface area contributed by atoms with Gasteiger partial charge in [-0.25, -0.2) is 18.7 Å². The van der Waals surface area contributed by atoms with E-state index in [0.29, 0.717) is 11.2 Å². The van der Waals surface area contributed by atoms with E-state index in [1.165, 1.54) is 18.0 Å². The number of nitrogens with two attached hydrogens (primary N) is 1. The van der Waals surface area contributed by atoms with Crippen LogP contribution in [0.4, 0.5) is 14.7 Å². The highest BCUT2D eigenvalue weighted by atomic mass is 19.1. The molecule has 0 amide bonds. The van der Waals surface area contributed by atoms with Gasteiger partial charge in [0.25, 0.3) is 0 Å². The summed E-state index contributed by atoms with van der Waals surface area (Å²) in [6.45, 7) is 0.00605. The zero-order valence-corrected chi connectivity index (χ0v) is 11.0. The first-order chi connectivity index (χ1) is 10.1. The first kappa shape index (κ1) is 13.2. The van der Waals surface area contributed by atoms with Gasteiger partial charge >= 0.3 is 0 Å². The Balaban J connectivity index is 2.12. The van der Waals surface area contributed by atoms with E-state index in [4.69, 9.17) is 10.5 Å². The Hall–Kier alpha value is -2.77. The molecule has 0 aliphatic heterocycles. The van der Waals surface area contributed by atoms with Crippen molar-refractivity contribution in [3.63, 3.8) is 0 Å². The fraction of sp³-hybridized carbons (Fsp3) is 0.154. The predicted molar refractivity (Wildman–Crippen MR) is 71.7 cm³/mol. The number of benzene rings is 1. The monoisotopic (exact) mass is 291 g/mol. The average molecular weight is 291 g/mol. The summed E-state index contributed by atoms with van der Waals surface area (Å²) in [5, 5.41) is 0. The van der Waals surface area contributed by atoms with Gasteiger partial charge in [-0.15, -0.1) is 0 Å². The number of anilines is 1. The maximum atomic E-state index is 13.7. The molecule has 6 nitrogen and oxygen atoms in total. The van der Waals surface area contributed by atoms with Crippen molar-refractivity contribution < 1.29 is 13.5 Å². The molecule has 108 valence electrons. The van der Waals surface area contributed by atoms with Crippen LogP contribution in [0.5, 0.6) is 5.88 Å². The summed E-state index contributed by atoms with van der Waals surface area (Å²) in [5.41, 5.74) is 6.74. The normalized spacial score (nSPS) is 11.0. The molecule has 0 atom stereocenters. The van der Waals surface area contributed by atoms with Gasteiger partial charge in [-0.05, 0) is 18.2 Å². The third-order valence-electron chi connectivity index (χ3n) is 3.06. The van der Waals surface area contributed by atoms with Gasteiger partial charge in [-0.2, -0.15) is 4.98 Å². The summed E-state index contributed by atoms with van der Waals surface area (Å²) in [4.78, 5) is 12.1. The van der Waals surface area contributed by atoms with Crippen LogP contribution in [0.25, 0.3) is 11.2 Å². The standard InChI is InChI=1S/C13H11F2N5O/c1-21-12-10-11(17-6-18-12)20(13(16)19-10)5-7-4-8(14)2-3-9(7)15/h2-4,6H,5H2,1H3,(H2,16,19). The molecular weight excluding hydrogens is 280 g/mol. The Labute approximate surface area is 118 Å². The highest BCUT2D eigenvalue weighted by molar-refractivity contribution is 5.79. The van der Waals surface area contributed by atoms with E-state index < -0.39 is 11.6 Å². The van der Waals surface area contributed by atoms with Crippen molar-refractivity contribution in [2.75, 3.05) is 12.8 Å². The second-order valence-electron chi connectivity index (χ2n) is 4.35. The lowest BCUT2D eigenvalue weighted by molar-refractivity contribution is 0.401. The fourth-order valence-corrected chi connectivity index (χ4v) is 2.07. The number of hydrogen-bond acceptors (Lipinski definition) is 5. The lowest BCUT2D eigenvalue weighted by atomic mass is 10.2. The van der Waals surface area contributed by atoms with Gasteiger partial charge in [-0.1, -0.05) is 0 Å². The molecule has 8 heteroatoms. The SMILES string of the molecule is COc1ncnc2c1nc(N)n2Cc1cc(F)ccc1F. The number of rotatable bonds is 3. The molecule has 0 unspecified atom stereocenters. The molecule has 2 aromatic heterocycles. The van der Waals surface area contributed by atoms with Crippen LogP contribution in [0, 0.1) is 11.6 Å². The Morgan fingerprint density at radius 3 is 2.86 bits per heavy atom. The molecule has 0 fully saturated rings. The van der Waals surface area contributed by atoms with Crippen LogP contribution in [0.3, 0.4) is 0 Å². The summed E-state index contributed by atoms with van der Waals surface area (Å²) in [5.74, 6) is -0.669. The maximum Gasteiger partial charge on any atom is 0.245 e. The van der Waals surface area contributed by atoms with Gasteiger partial charge in [0.2, 0.25) is 11.8 Å². The van der Waals surface area contributed by atoms with Crippen molar-refractivity contribution in [1.29, 1.82) is 0 Å². The van der Waals surface area contributed by atoms with E-state index in [0.717, 1.165) is 18.2 Å². The smallest absolute Gasteiger partial charge is 0.245 e. The molecule has 0 aliphatic rings. The number of methoxy groups -OCH3 is 1. The minimum atomic E-state index is -0.529. The van der Waals surface area contributed by atoms with E-state index in [1.807, 2.05) is 0 Å². The molecule has 0 radical (unpaired) electrons. The molecular formula is C13H11F2N5O. The molecule has 21 heavy (non-hydrogen) atoms. The fourth-order valence-electron chi connectivity index (χ4n) is 2.07. The highest BCUT2D eigenvalue weighted by Crippen LogP contribution is 2.24. The molecule has 1 aromatic carbocycles. The second-order valence-corrected chi connectivity index (χ2v) is 4.35. The third-order valence-corrected chi connectivity index (χ3v) is 3.06. The van der Waals surface area contributed by atoms with Gasteiger partial charge in [0.1, 0.15) is 18.0 Å². The van der Waals surface area contributed by atoms with Crippen molar-refractivity contribution in [2.45, 2.75) is 6.54 Å². The van der Waals surface area contributed by atoms with Gasteiger partial charge in [0, 0.05) is 5.56 Å². The molecule has 3 rings (SSSR count). The lowest BCUT2D eigenvalue weighted by Crippen LogP contribution is -2.07. The maximum absolute atomic E-state index is 13.7. The van der Waals surface area contributed by atoms with Crippen LogP contribution in [-0.4, -0.2) is 26.6 Å². The Kier molecular flexibility index (Phi) is 3.13. The van der Waals surface area contributed by atoms with Crippen molar-refractivity contribution in [2.24, 2.45) is 0 Å². The summed E-state index contributed by atoms with van der Waals surface area (Å²) in [6, 6.07) is 3.23. The van der Waals surface area contributed by atoms with Gasteiger partial charge < -0.3 is 10.5 Å². The average Bonchev–Trinajstić information content (AvgIpc) is 2.79. The summed E-state index contributed by atoms with van der Waals surface area (Å²) < 4.78 is 33.5. The highest BCUT2D eigenvalue weighted by Gasteiger charge is 2.16. The summed E-state index contributed by atoms with van der Waals surface area (Å²) >= 11 is 0. The van der Waals surface area contributed by atoms with Gasteiger partial charge in [0.15, 0.2) is 11.2 Å². The van der Waals surface area contributed by atoms with Crippen LogP contribution in [0.1, 0.15) is 5.56 Å². The zero-order chi connectivity index (χ0) is 15.0. The first-order valence-corrected chi connectivity index (χ1v) is 6.04. The van der Waals surface area contributed by atoms with Gasteiger partial charge in [0.05, 0.1) is 13.7 Å². The molecule has 2 heterocycles. The zero-order valence-electron chi connectivity index (χ0n) is 11.0. The molecule has 0 aliphatic carbocycles. The number of aromatic nitrogens is 4. The number of fused-ring (bicyclic) bond motifs is 1. The minimum absolute atomic E-state index is 0.00605. The van der Waals surface area contributed by atoms with Crippen LogP contribution in [0.15, 0.2) is 24.5 Å². The Morgan fingerprint density at radius 1 is 1.29 bits per heavy atom. The molecule has 2 N–H and O–H groups in total. The van der Waals surface area contributed by atoms with Crippen molar-refractivity contribution in [3.05, 3.63) is 41.7 Å². The molecule has 3 aromatic rings. The molecule has 0 spiro atoms. The number of nitrogens with zero attached hydrogens (tertiary/aromatic N) is 4. The van der Waals surface area contributed by atoms with E-state index in [-0.39, 0.29) is 23.9 Å². The van der Waals surface area contributed by atoms with E-state index >= 15 is 0 Å². The number of hydrogen-bond donors (Lipinski definition) is 1. The van der Waals surface area contributed by atoms with Crippen LogP contribution in [-0.2, 0) is 6.54 Å². The quantitative estimate of drug-likeness (QED) is 0.795. The van der Waals surface area contributed by atoms with Crippen LogP contribution >= 0.6 is 0 Å². The van der Waals surface area contributed by atoms with Crippen molar-refractivity contribution in [1.82, 2.24) is 19.5 Å². The lowest BCUT2D eigenvalue weighted by Gasteiger charge is -2.07. The summed E-state index contributed by atoms with van der Waals surface area (Å²) in [6.07, 6.45) is 1.29. The third kappa shape index (κ3) is 2.24. The van der Waals surface area contributed by atoms with Crippen molar-refractivity contribution in [3.8, 4) is 5.88 Å². The first-order valence-electron chi connectivity index (χ1n) is 6.04. The van der Waals surface area contributed by atoms with Crippen LogP contribution in [0.2, 0.25) is 0 Å².